The molecule has 3 rings (SSSR count). The summed E-state index contributed by atoms with van der Waals surface area (Å²) >= 11 is 0. The van der Waals surface area contributed by atoms with E-state index in [-0.39, 0.29) is 11.4 Å². The molecule has 0 spiro atoms. The van der Waals surface area contributed by atoms with Crippen molar-refractivity contribution >= 4 is 35.7 Å². The van der Waals surface area contributed by atoms with Crippen molar-refractivity contribution < 1.29 is 27.9 Å². The minimum Gasteiger partial charge on any atom is -0.476 e. The van der Waals surface area contributed by atoms with Crippen molar-refractivity contribution in [3.63, 3.8) is 0 Å². The molecule has 11 heteroatoms. The smallest absolute Gasteiger partial charge is 0.416 e. The van der Waals surface area contributed by atoms with Crippen molar-refractivity contribution in [2.75, 3.05) is 10.6 Å². The Kier molecular flexibility index (Phi) is 6.47. The molecule has 1 heterocycles. The van der Waals surface area contributed by atoms with E-state index in [1.807, 2.05) is 0 Å². The standard InChI is InChI=1S/C21H16F3N5O3/c1-25-11-12-2-5-14(6-3-12)28-15-7-4-13(21(22,23)24)10-16(15)29-19(30)17-18(20(31)32)27-9-8-26-17/h2-10,28H,1,11H2,(H,29,30)(H,31,32). The van der Waals surface area contributed by atoms with Crippen molar-refractivity contribution in [2.24, 2.45) is 4.99 Å². The van der Waals surface area contributed by atoms with Crippen LogP contribution in [0.5, 0.6) is 0 Å². The van der Waals surface area contributed by atoms with E-state index in [1.54, 1.807) is 24.3 Å². The van der Waals surface area contributed by atoms with Crippen molar-refractivity contribution in [3.8, 4) is 0 Å². The van der Waals surface area contributed by atoms with Gasteiger partial charge in [-0.25, -0.2) is 14.8 Å². The first-order valence-corrected chi connectivity index (χ1v) is 9.04. The molecule has 164 valence electrons. The number of aromatic carboxylic acids is 1. The molecule has 32 heavy (non-hydrogen) atoms. The fraction of sp³-hybridized carbons (Fsp3) is 0.0952. The number of benzene rings is 2. The normalized spacial score (nSPS) is 11.0. The second kappa shape index (κ2) is 9.25. The fourth-order valence-electron chi connectivity index (χ4n) is 2.75. The first kappa shape index (κ1) is 22.4. The second-order valence-electron chi connectivity index (χ2n) is 6.47. The van der Waals surface area contributed by atoms with Gasteiger partial charge in [0.05, 0.1) is 23.5 Å². The van der Waals surface area contributed by atoms with Crippen molar-refractivity contribution in [3.05, 3.63) is 77.4 Å². The Bertz CT molecular complexity index is 1160. The Hall–Kier alpha value is -4.28. The van der Waals surface area contributed by atoms with Crippen LogP contribution >= 0.6 is 0 Å². The van der Waals surface area contributed by atoms with Crippen LogP contribution in [0.4, 0.5) is 30.2 Å². The van der Waals surface area contributed by atoms with Crippen LogP contribution in [0.15, 0.2) is 59.9 Å². The SMILES string of the molecule is C=NCc1ccc(Nc2ccc(C(F)(F)F)cc2NC(=O)c2nccnc2C(=O)O)cc1. The quantitative estimate of drug-likeness (QED) is 0.467. The summed E-state index contributed by atoms with van der Waals surface area (Å²) in [6.45, 7) is 3.82. The Labute approximate surface area is 179 Å². The van der Waals surface area contributed by atoms with E-state index in [1.165, 1.54) is 0 Å². The summed E-state index contributed by atoms with van der Waals surface area (Å²) in [5, 5.41) is 14.4. The van der Waals surface area contributed by atoms with Gasteiger partial charge in [0.15, 0.2) is 11.4 Å². The highest BCUT2D eigenvalue weighted by molar-refractivity contribution is 6.09. The van der Waals surface area contributed by atoms with Crippen LogP contribution in [0.1, 0.15) is 32.1 Å². The van der Waals surface area contributed by atoms with Gasteiger partial charge in [0, 0.05) is 18.1 Å². The molecule has 0 unspecified atom stereocenters. The Morgan fingerprint density at radius 2 is 1.66 bits per heavy atom. The second-order valence-corrected chi connectivity index (χ2v) is 6.47. The van der Waals surface area contributed by atoms with E-state index >= 15 is 0 Å². The van der Waals surface area contributed by atoms with Gasteiger partial charge in [-0.05, 0) is 42.6 Å². The van der Waals surface area contributed by atoms with E-state index < -0.39 is 35.0 Å². The average Bonchev–Trinajstić information content (AvgIpc) is 2.75. The summed E-state index contributed by atoms with van der Waals surface area (Å²) in [5.41, 5.74) is -0.801. The van der Waals surface area contributed by atoms with Crippen LogP contribution in [-0.4, -0.2) is 33.7 Å². The Morgan fingerprint density at radius 1 is 1.00 bits per heavy atom. The predicted molar refractivity (Wildman–Crippen MR) is 111 cm³/mol. The maximum absolute atomic E-state index is 13.2. The highest BCUT2D eigenvalue weighted by Gasteiger charge is 2.31. The number of halogens is 3. The van der Waals surface area contributed by atoms with Crippen LogP contribution in [0.2, 0.25) is 0 Å². The summed E-state index contributed by atoms with van der Waals surface area (Å²) in [6.07, 6.45) is -2.47. The lowest BCUT2D eigenvalue weighted by molar-refractivity contribution is -0.137. The third-order valence-corrected chi connectivity index (χ3v) is 4.24. The number of amides is 1. The molecule has 0 aliphatic carbocycles. The van der Waals surface area contributed by atoms with Gasteiger partial charge < -0.3 is 15.7 Å². The summed E-state index contributed by atoms with van der Waals surface area (Å²) < 4.78 is 39.7. The number of nitrogens with zero attached hydrogens (tertiary/aromatic N) is 3. The van der Waals surface area contributed by atoms with Crippen LogP contribution < -0.4 is 10.6 Å². The van der Waals surface area contributed by atoms with Crippen molar-refractivity contribution in [2.45, 2.75) is 12.7 Å². The maximum Gasteiger partial charge on any atom is 0.416 e. The van der Waals surface area contributed by atoms with Crippen molar-refractivity contribution in [1.82, 2.24) is 9.97 Å². The molecule has 2 aromatic carbocycles. The van der Waals surface area contributed by atoms with Crippen LogP contribution in [0.3, 0.4) is 0 Å². The molecular weight excluding hydrogens is 427 g/mol. The average molecular weight is 443 g/mol. The summed E-state index contributed by atoms with van der Waals surface area (Å²) in [4.78, 5) is 35.0. The highest BCUT2D eigenvalue weighted by Crippen LogP contribution is 2.35. The molecule has 3 N–H and O–H groups in total. The zero-order valence-corrected chi connectivity index (χ0v) is 16.3. The molecule has 0 aliphatic heterocycles. The van der Waals surface area contributed by atoms with Crippen molar-refractivity contribution in [1.29, 1.82) is 0 Å². The van der Waals surface area contributed by atoms with Crippen LogP contribution in [-0.2, 0) is 12.7 Å². The highest BCUT2D eigenvalue weighted by atomic mass is 19.4. The lowest BCUT2D eigenvalue weighted by Gasteiger charge is -2.16. The molecule has 8 nitrogen and oxygen atoms in total. The number of nitrogens with one attached hydrogen (secondary N) is 2. The van der Waals surface area contributed by atoms with Crippen LogP contribution in [0.25, 0.3) is 0 Å². The zero-order chi connectivity index (χ0) is 23.3. The van der Waals surface area contributed by atoms with E-state index in [0.29, 0.717) is 12.2 Å². The molecule has 0 saturated heterocycles. The molecule has 1 amide bonds. The molecule has 0 fully saturated rings. The number of aliphatic imine (C=N–C) groups is 1. The summed E-state index contributed by atoms with van der Waals surface area (Å²) in [5.74, 6) is -2.52. The van der Waals surface area contributed by atoms with Gasteiger partial charge in [-0.1, -0.05) is 12.1 Å². The molecule has 1 aromatic heterocycles. The number of carbonyl (C=O) groups excluding carboxylic acids is 1. The number of hydrogen-bond donors (Lipinski definition) is 3. The van der Waals surface area contributed by atoms with Gasteiger partial charge in [-0.2, -0.15) is 13.2 Å². The lowest BCUT2D eigenvalue weighted by atomic mass is 10.1. The first-order valence-electron chi connectivity index (χ1n) is 9.04. The summed E-state index contributed by atoms with van der Waals surface area (Å²) in [7, 11) is 0. The van der Waals surface area contributed by atoms with E-state index in [2.05, 4.69) is 32.3 Å². The molecule has 3 aromatic rings. The number of carboxylic acids is 1. The number of carboxylic acid groups (broad SMARTS) is 1. The van der Waals surface area contributed by atoms with Gasteiger partial charge in [0.25, 0.3) is 5.91 Å². The molecule has 0 bridgehead atoms. The van der Waals surface area contributed by atoms with Gasteiger partial charge in [-0.15, -0.1) is 0 Å². The van der Waals surface area contributed by atoms with Gasteiger partial charge in [0.1, 0.15) is 0 Å². The molecule has 0 saturated carbocycles. The van der Waals surface area contributed by atoms with E-state index in [4.69, 9.17) is 0 Å². The Morgan fingerprint density at radius 3 is 2.25 bits per heavy atom. The lowest BCUT2D eigenvalue weighted by Crippen LogP contribution is -2.20. The third kappa shape index (κ3) is 5.25. The number of hydrogen-bond acceptors (Lipinski definition) is 6. The number of alkyl halides is 3. The molecular formula is C21H16F3N5O3. The number of rotatable bonds is 7. The van der Waals surface area contributed by atoms with E-state index in [9.17, 15) is 27.9 Å². The first-order chi connectivity index (χ1) is 15.2. The minimum atomic E-state index is -4.66. The summed E-state index contributed by atoms with van der Waals surface area (Å²) in [6, 6.07) is 9.67. The van der Waals surface area contributed by atoms with Crippen LogP contribution in [0, 0.1) is 0 Å². The molecule has 0 atom stereocenters. The Balaban J connectivity index is 1.96. The maximum atomic E-state index is 13.2. The van der Waals surface area contributed by atoms with E-state index in [0.717, 1.165) is 36.2 Å². The zero-order valence-electron chi connectivity index (χ0n) is 16.3. The van der Waals surface area contributed by atoms with Gasteiger partial charge in [-0.3, -0.25) is 9.79 Å². The van der Waals surface area contributed by atoms with Gasteiger partial charge >= 0.3 is 12.1 Å². The third-order valence-electron chi connectivity index (χ3n) is 4.24. The molecule has 0 radical (unpaired) electrons. The monoisotopic (exact) mass is 443 g/mol. The number of carbonyl (C=O) groups is 2. The fourth-order valence-corrected chi connectivity index (χ4v) is 2.75. The largest absolute Gasteiger partial charge is 0.476 e. The number of anilines is 3. The number of aromatic nitrogens is 2. The van der Waals surface area contributed by atoms with Gasteiger partial charge in [0.2, 0.25) is 0 Å². The minimum absolute atomic E-state index is 0.154. The molecule has 0 aliphatic rings. The topological polar surface area (TPSA) is 117 Å². The predicted octanol–water partition coefficient (Wildman–Crippen LogP) is 4.39.